The molecule has 1 aliphatic heterocycles. The average molecular weight is 343 g/mol. The Balaban J connectivity index is 1.73. The topological polar surface area (TPSA) is 54.9 Å². The predicted octanol–water partition coefficient (Wildman–Crippen LogP) is 2.87. The molecule has 0 atom stereocenters. The van der Waals surface area contributed by atoms with Crippen LogP contribution in [0.25, 0.3) is 10.9 Å². The van der Waals surface area contributed by atoms with E-state index in [9.17, 15) is 4.79 Å². The van der Waals surface area contributed by atoms with Gasteiger partial charge in [-0.05, 0) is 32.9 Å². The Kier molecular flexibility index (Phi) is 4.81. The number of piperazine rings is 1. The van der Waals surface area contributed by atoms with Gasteiger partial charge in [0, 0.05) is 24.5 Å². The molecular formula is C19H25N3O3. The van der Waals surface area contributed by atoms with Gasteiger partial charge < -0.3 is 14.5 Å². The molecule has 6 nitrogen and oxygen atoms in total. The molecule has 0 saturated carbocycles. The summed E-state index contributed by atoms with van der Waals surface area (Å²) in [6, 6.07) is 10.1. The molecule has 134 valence electrons. The van der Waals surface area contributed by atoms with Crippen molar-refractivity contribution >= 4 is 22.6 Å². The van der Waals surface area contributed by atoms with Crippen LogP contribution >= 0.6 is 0 Å². The maximum atomic E-state index is 12.0. The molecule has 0 aliphatic carbocycles. The Morgan fingerprint density at radius 2 is 1.80 bits per heavy atom. The number of anilines is 1. The second kappa shape index (κ2) is 6.88. The highest BCUT2D eigenvalue weighted by Crippen LogP contribution is 2.28. The first kappa shape index (κ1) is 17.5. The fraction of sp³-hybridized carbons (Fsp3) is 0.474. The second-order valence-corrected chi connectivity index (χ2v) is 7.25. The van der Waals surface area contributed by atoms with E-state index in [1.807, 2.05) is 45.0 Å². The number of pyridine rings is 1. The fourth-order valence-corrected chi connectivity index (χ4v) is 2.76. The fourth-order valence-electron chi connectivity index (χ4n) is 2.76. The minimum atomic E-state index is -0.493. The number of hydrogen-bond donors (Lipinski definition) is 0. The molecule has 0 unspecified atom stereocenters. The van der Waals surface area contributed by atoms with E-state index < -0.39 is 5.41 Å². The van der Waals surface area contributed by atoms with E-state index in [-0.39, 0.29) is 5.97 Å². The summed E-state index contributed by atoms with van der Waals surface area (Å²) >= 11 is 0. The number of hydrogen-bond acceptors (Lipinski definition) is 6. The number of ether oxygens (including phenoxy) is 1. The smallest absolute Gasteiger partial charge is 0.330 e. The Bertz CT molecular complexity index is 762. The lowest BCUT2D eigenvalue weighted by molar-refractivity contribution is -0.201. The Morgan fingerprint density at radius 3 is 2.44 bits per heavy atom. The highest BCUT2D eigenvalue weighted by atomic mass is 16.7. The maximum Gasteiger partial charge on any atom is 0.330 e. The van der Waals surface area contributed by atoms with Crippen LogP contribution in [0.1, 0.15) is 20.8 Å². The first-order valence-corrected chi connectivity index (χ1v) is 8.54. The van der Waals surface area contributed by atoms with Crippen molar-refractivity contribution in [3.8, 4) is 5.88 Å². The van der Waals surface area contributed by atoms with Crippen molar-refractivity contribution in [3.05, 3.63) is 30.3 Å². The molecule has 0 radical (unpaired) electrons. The lowest BCUT2D eigenvalue weighted by Gasteiger charge is -2.36. The summed E-state index contributed by atoms with van der Waals surface area (Å²) in [7, 11) is 1.62. The normalized spacial score (nSPS) is 16.1. The number of nitrogens with zero attached hydrogens (tertiary/aromatic N) is 3. The van der Waals surface area contributed by atoms with E-state index >= 15 is 0 Å². The quantitative estimate of drug-likeness (QED) is 0.854. The largest absolute Gasteiger partial charge is 0.481 e. The number of carbonyl (C=O) groups is 1. The van der Waals surface area contributed by atoms with Gasteiger partial charge in [-0.15, -0.1) is 5.06 Å². The number of carbonyl (C=O) groups excluding carboxylic acids is 1. The first-order chi connectivity index (χ1) is 11.9. The molecule has 0 bridgehead atoms. The molecule has 1 saturated heterocycles. The van der Waals surface area contributed by atoms with Crippen LogP contribution in [-0.4, -0.2) is 49.3 Å². The lowest BCUT2D eigenvalue weighted by atomic mass is 9.98. The molecule has 3 rings (SSSR count). The van der Waals surface area contributed by atoms with Gasteiger partial charge in [0.15, 0.2) is 0 Å². The van der Waals surface area contributed by atoms with Crippen LogP contribution < -0.4 is 9.64 Å². The van der Waals surface area contributed by atoms with Crippen LogP contribution in [-0.2, 0) is 9.63 Å². The molecule has 1 aromatic heterocycles. The predicted molar refractivity (Wildman–Crippen MR) is 97.6 cm³/mol. The van der Waals surface area contributed by atoms with Gasteiger partial charge in [0.05, 0.1) is 36.8 Å². The van der Waals surface area contributed by atoms with Crippen LogP contribution in [0.5, 0.6) is 5.88 Å². The summed E-state index contributed by atoms with van der Waals surface area (Å²) in [5.41, 5.74) is 1.52. The van der Waals surface area contributed by atoms with Gasteiger partial charge in [-0.2, -0.15) is 0 Å². The van der Waals surface area contributed by atoms with Crippen molar-refractivity contribution in [1.82, 2.24) is 10.0 Å². The summed E-state index contributed by atoms with van der Waals surface area (Å²) in [6.45, 7) is 8.47. The third-order valence-corrected chi connectivity index (χ3v) is 4.29. The monoisotopic (exact) mass is 343 g/mol. The molecule has 1 aliphatic rings. The highest BCUT2D eigenvalue weighted by Gasteiger charge is 2.28. The Labute approximate surface area is 148 Å². The summed E-state index contributed by atoms with van der Waals surface area (Å²) < 4.78 is 5.26. The number of para-hydroxylation sites is 1. The van der Waals surface area contributed by atoms with Crippen molar-refractivity contribution in [2.45, 2.75) is 20.8 Å². The number of aromatic nitrogens is 1. The van der Waals surface area contributed by atoms with Gasteiger partial charge in [0.1, 0.15) is 0 Å². The third-order valence-electron chi connectivity index (χ3n) is 4.29. The van der Waals surface area contributed by atoms with E-state index in [0.717, 1.165) is 29.7 Å². The molecule has 1 aromatic carbocycles. The van der Waals surface area contributed by atoms with Gasteiger partial charge in [0.25, 0.3) is 0 Å². The number of benzene rings is 1. The average Bonchev–Trinajstić information content (AvgIpc) is 2.60. The molecule has 6 heteroatoms. The third kappa shape index (κ3) is 3.85. The zero-order chi connectivity index (χ0) is 18.0. The number of methoxy groups -OCH3 is 1. The minimum absolute atomic E-state index is 0.197. The van der Waals surface area contributed by atoms with Crippen molar-refractivity contribution in [2.75, 3.05) is 38.2 Å². The lowest BCUT2D eigenvalue weighted by Crippen LogP contribution is -2.48. The summed E-state index contributed by atoms with van der Waals surface area (Å²) in [5.74, 6) is 0.412. The van der Waals surface area contributed by atoms with Crippen molar-refractivity contribution in [3.63, 3.8) is 0 Å². The van der Waals surface area contributed by atoms with Crippen LogP contribution in [0.15, 0.2) is 30.3 Å². The number of hydroxylamine groups is 2. The number of fused-ring (bicyclic) bond motifs is 1. The molecule has 2 heterocycles. The van der Waals surface area contributed by atoms with Gasteiger partial charge in [-0.1, -0.05) is 12.1 Å². The second-order valence-electron chi connectivity index (χ2n) is 7.25. The van der Waals surface area contributed by atoms with E-state index in [1.165, 1.54) is 0 Å². The zero-order valence-electron chi connectivity index (χ0n) is 15.3. The van der Waals surface area contributed by atoms with Crippen molar-refractivity contribution in [1.29, 1.82) is 0 Å². The molecule has 25 heavy (non-hydrogen) atoms. The first-order valence-electron chi connectivity index (χ1n) is 8.54. The Hall–Kier alpha value is -2.34. The van der Waals surface area contributed by atoms with E-state index in [1.54, 1.807) is 12.2 Å². The summed E-state index contributed by atoms with van der Waals surface area (Å²) in [5, 5.41) is 2.84. The summed E-state index contributed by atoms with van der Waals surface area (Å²) in [6.07, 6.45) is 0. The van der Waals surface area contributed by atoms with Gasteiger partial charge >= 0.3 is 5.97 Å². The van der Waals surface area contributed by atoms with Crippen LogP contribution in [0.4, 0.5) is 5.69 Å². The maximum absolute atomic E-state index is 12.0. The molecule has 2 aromatic rings. The van der Waals surface area contributed by atoms with Crippen molar-refractivity contribution < 1.29 is 14.4 Å². The Morgan fingerprint density at radius 1 is 1.08 bits per heavy atom. The SMILES string of the molecule is COc1ccc2cccc(N3CCN(OC(=O)C(C)(C)C)CC3)c2n1. The molecule has 1 fully saturated rings. The highest BCUT2D eigenvalue weighted by molar-refractivity contribution is 5.91. The standard InChI is InChI=1S/C19H25N3O3/c1-19(2,3)18(23)25-22-12-10-21(11-13-22)15-7-5-6-14-8-9-16(24-4)20-17(14)15/h5-9H,10-13H2,1-4H3. The molecule has 0 N–H and O–H groups in total. The van der Waals surface area contributed by atoms with Gasteiger partial charge in [-0.25, -0.2) is 9.78 Å². The molecular weight excluding hydrogens is 318 g/mol. The van der Waals surface area contributed by atoms with Gasteiger partial charge in [0.2, 0.25) is 5.88 Å². The van der Waals surface area contributed by atoms with Gasteiger partial charge in [-0.3, -0.25) is 0 Å². The van der Waals surface area contributed by atoms with Crippen LogP contribution in [0.2, 0.25) is 0 Å². The molecule has 0 spiro atoms. The summed E-state index contributed by atoms with van der Waals surface area (Å²) in [4.78, 5) is 24.4. The minimum Gasteiger partial charge on any atom is -0.481 e. The van der Waals surface area contributed by atoms with Crippen LogP contribution in [0, 0.1) is 5.41 Å². The van der Waals surface area contributed by atoms with Crippen molar-refractivity contribution in [2.24, 2.45) is 5.41 Å². The number of rotatable bonds is 3. The zero-order valence-corrected chi connectivity index (χ0v) is 15.3. The van der Waals surface area contributed by atoms with E-state index in [0.29, 0.717) is 19.0 Å². The van der Waals surface area contributed by atoms with E-state index in [2.05, 4.69) is 16.0 Å². The molecule has 0 amide bonds. The van der Waals surface area contributed by atoms with Crippen LogP contribution in [0.3, 0.4) is 0 Å². The van der Waals surface area contributed by atoms with E-state index in [4.69, 9.17) is 9.57 Å².